The Hall–Kier alpha value is -2.24. The van der Waals surface area contributed by atoms with Gasteiger partial charge in [0.15, 0.2) is 0 Å². The summed E-state index contributed by atoms with van der Waals surface area (Å²) in [6.45, 7) is 13.9. The van der Waals surface area contributed by atoms with Crippen LogP contribution in [-0.4, -0.2) is 105 Å². The Morgan fingerprint density at radius 2 is 0.850 bits per heavy atom. The molecule has 0 amide bonds. The van der Waals surface area contributed by atoms with E-state index in [9.17, 15) is 19.2 Å². The van der Waals surface area contributed by atoms with Crippen LogP contribution in [0.25, 0.3) is 0 Å². The van der Waals surface area contributed by atoms with Gasteiger partial charge in [0.05, 0.1) is 25.7 Å². The Morgan fingerprint density at radius 3 is 1.32 bits per heavy atom. The lowest BCUT2D eigenvalue weighted by Gasteiger charge is -2.37. The van der Waals surface area contributed by atoms with Gasteiger partial charge in [0.2, 0.25) is 5.79 Å². The van der Waals surface area contributed by atoms with Gasteiger partial charge in [-0.25, -0.2) is 0 Å². The van der Waals surface area contributed by atoms with Crippen LogP contribution in [0, 0.1) is 0 Å². The van der Waals surface area contributed by atoms with Crippen LogP contribution in [0.15, 0.2) is 0 Å². The van der Waals surface area contributed by atoms with Crippen LogP contribution < -0.4 is 0 Å². The molecule has 0 N–H and O–H groups in total. The highest BCUT2D eigenvalue weighted by Gasteiger charge is 2.40. The number of nitrogens with zero attached hydrogens (tertiary/aromatic N) is 2. The number of hydrogen-bond acceptors (Lipinski definition) is 11. The van der Waals surface area contributed by atoms with Crippen LogP contribution in [0.4, 0.5) is 0 Å². The highest BCUT2D eigenvalue weighted by Crippen LogP contribution is 2.34. The largest absolute Gasteiger partial charge is 0.466 e. The minimum Gasteiger partial charge on any atom is -0.466 e. The maximum Gasteiger partial charge on any atom is 0.323 e. The molecule has 0 radical (unpaired) electrons. The van der Waals surface area contributed by atoms with Gasteiger partial charge in [-0.1, -0.05) is 247 Å². The molecule has 11 heteroatoms. The summed E-state index contributed by atoms with van der Waals surface area (Å²) in [5.41, 5.74) is 0. The second-order valence-electron chi connectivity index (χ2n) is 24.7. The Morgan fingerprint density at radius 1 is 0.450 bits per heavy atom. The number of esters is 4. The van der Waals surface area contributed by atoms with E-state index >= 15 is 0 Å². The van der Waals surface area contributed by atoms with Crippen molar-refractivity contribution >= 4 is 23.9 Å². The lowest BCUT2D eigenvalue weighted by Crippen LogP contribution is -2.42. The van der Waals surface area contributed by atoms with E-state index in [1.807, 2.05) is 19.0 Å². The van der Waals surface area contributed by atoms with E-state index in [2.05, 4.69) is 39.5 Å². The third-order valence-electron chi connectivity index (χ3n) is 16.6. The van der Waals surface area contributed by atoms with Crippen LogP contribution in [0.5, 0.6) is 0 Å². The highest BCUT2D eigenvalue weighted by atomic mass is 16.7. The molecule has 0 aromatic carbocycles. The van der Waals surface area contributed by atoms with Gasteiger partial charge in [-0.2, -0.15) is 0 Å². The lowest BCUT2D eigenvalue weighted by atomic mass is 9.97. The summed E-state index contributed by atoms with van der Waals surface area (Å²) in [7, 11) is 3.87. The molecule has 1 aliphatic rings. The summed E-state index contributed by atoms with van der Waals surface area (Å²) in [5, 5.41) is 0. The van der Waals surface area contributed by atoms with Crippen molar-refractivity contribution in [3.8, 4) is 0 Å². The van der Waals surface area contributed by atoms with Crippen molar-refractivity contribution in [3.05, 3.63) is 0 Å². The van der Waals surface area contributed by atoms with Crippen molar-refractivity contribution in [1.29, 1.82) is 0 Å². The summed E-state index contributed by atoms with van der Waals surface area (Å²) in [4.78, 5) is 56.8. The summed E-state index contributed by atoms with van der Waals surface area (Å²) in [5.74, 6) is -1.56. The second-order valence-corrected chi connectivity index (χ2v) is 24.7. The van der Waals surface area contributed by atoms with Crippen molar-refractivity contribution in [1.82, 2.24) is 9.80 Å². The van der Waals surface area contributed by atoms with Crippen LogP contribution >= 0.6 is 0 Å². The average Bonchev–Trinajstić information content (AvgIpc) is 3.90. The number of carbonyl (C=O) groups excluding carboxylic acids is 4. The number of carbonyl (C=O) groups is 4. The Bertz CT molecular complexity index is 1400. The summed E-state index contributed by atoms with van der Waals surface area (Å²) in [6.07, 6.45) is 52.5. The first kappa shape index (κ1) is 75.8. The summed E-state index contributed by atoms with van der Waals surface area (Å²) in [6, 6.07) is -0.457. The molecule has 2 atom stereocenters. The fourth-order valence-electron chi connectivity index (χ4n) is 11.4. The molecule has 0 spiro atoms. The zero-order valence-corrected chi connectivity index (χ0v) is 54.0. The first-order chi connectivity index (χ1) is 39.0. The molecule has 0 aromatic heterocycles. The molecule has 1 aliphatic heterocycles. The molecule has 0 aromatic rings. The van der Waals surface area contributed by atoms with Gasteiger partial charge in [-0.15, -0.1) is 0 Å². The molecule has 11 nitrogen and oxygen atoms in total. The van der Waals surface area contributed by atoms with E-state index in [0.717, 1.165) is 116 Å². The predicted molar refractivity (Wildman–Crippen MR) is 334 cm³/mol. The Kier molecular flexibility index (Phi) is 51.8. The van der Waals surface area contributed by atoms with Gasteiger partial charge < -0.3 is 28.6 Å². The molecule has 1 unspecified atom stereocenters. The van der Waals surface area contributed by atoms with Crippen molar-refractivity contribution in [2.75, 3.05) is 46.9 Å². The smallest absolute Gasteiger partial charge is 0.323 e. The second kappa shape index (κ2) is 54.7. The van der Waals surface area contributed by atoms with Crippen molar-refractivity contribution in [3.63, 3.8) is 0 Å². The molecular formula is C69H132N2O9. The minimum absolute atomic E-state index is 0.102. The number of ether oxygens (including phenoxy) is 5. The molecular weight excluding hydrogens is 1000 g/mol. The van der Waals surface area contributed by atoms with Crippen LogP contribution in [0.2, 0.25) is 0 Å². The van der Waals surface area contributed by atoms with Crippen molar-refractivity contribution in [2.24, 2.45) is 0 Å². The molecule has 80 heavy (non-hydrogen) atoms. The maximum atomic E-state index is 14.0. The first-order valence-corrected chi connectivity index (χ1v) is 34.8. The van der Waals surface area contributed by atoms with Gasteiger partial charge in [-0.05, 0) is 84.8 Å². The van der Waals surface area contributed by atoms with Gasteiger partial charge >= 0.3 is 23.9 Å². The van der Waals surface area contributed by atoms with E-state index in [4.69, 9.17) is 23.7 Å². The predicted octanol–water partition coefficient (Wildman–Crippen LogP) is 19.1. The molecule has 0 saturated carbocycles. The SMILES string of the molecule is CCCCCCCCCCCC(=O)OCCCCCN1CC(OC(=O)CCN(C)C)C[C@H]1C(=O)OCCCCCCCC(=O)OC(CCCCCCCC)(CCCCCCCC)OC(CCCCCCCC)CCCCCCCC. The standard InChI is InChI=1S/C69H132N2O9/c1-8-13-18-23-28-29-30-34-42-51-65(72)76-58-48-39-46-56-71-61-63(78-66(73)53-57-70(6)7)60-64(71)68(75)77-59-47-38-31-35-43-52-67(74)80-69(54-44-36-26-21-16-11-4,55-45-37-27-22-17-12-5)79-62(49-40-32-24-19-14-9-2)50-41-33-25-20-15-10-3/h62-64H,8-61H2,1-7H3/t63?,64-/m0/s1. The molecule has 472 valence electrons. The van der Waals surface area contributed by atoms with Crippen LogP contribution in [-0.2, 0) is 42.9 Å². The molecule has 0 bridgehead atoms. The van der Waals surface area contributed by atoms with Gasteiger partial charge in [-0.3, -0.25) is 24.1 Å². The summed E-state index contributed by atoms with van der Waals surface area (Å²) >= 11 is 0. The van der Waals surface area contributed by atoms with E-state index < -0.39 is 11.8 Å². The normalized spacial score (nSPS) is 14.9. The van der Waals surface area contributed by atoms with E-state index in [1.165, 1.54) is 173 Å². The minimum atomic E-state index is -0.851. The third-order valence-corrected chi connectivity index (χ3v) is 16.6. The number of hydrogen-bond donors (Lipinski definition) is 0. The monoisotopic (exact) mass is 1130 g/mol. The third kappa shape index (κ3) is 44.3. The first-order valence-electron chi connectivity index (χ1n) is 34.8. The average molecular weight is 1130 g/mol. The Balaban J connectivity index is 2.82. The zero-order valence-electron chi connectivity index (χ0n) is 54.0. The van der Waals surface area contributed by atoms with Crippen molar-refractivity contribution < 1.29 is 42.9 Å². The van der Waals surface area contributed by atoms with Gasteiger partial charge in [0, 0.05) is 45.2 Å². The number of likely N-dealkylation sites (tertiary alicyclic amines) is 1. The van der Waals surface area contributed by atoms with Gasteiger partial charge in [0.1, 0.15) is 12.1 Å². The fourth-order valence-corrected chi connectivity index (χ4v) is 11.4. The Labute approximate surface area is 494 Å². The van der Waals surface area contributed by atoms with Crippen molar-refractivity contribution in [2.45, 2.75) is 373 Å². The number of unbranched alkanes of at least 4 members (excludes halogenated alkanes) is 34. The molecule has 1 rings (SSSR count). The lowest BCUT2D eigenvalue weighted by molar-refractivity contribution is -0.259. The van der Waals surface area contributed by atoms with E-state index in [1.54, 1.807) is 0 Å². The van der Waals surface area contributed by atoms with Crippen LogP contribution in [0.3, 0.4) is 0 Å². The molecule has 0 aliphatic carbocycles. The molecule has 1 fully saturated rings. The maximum absolute atomic E-state index is 14.0. The number of rotatable bonds is 60. The quantitative estimate of drug-likeness (QED) is 0.0250. The zero-order chi connectivity index (χ0) is 58.4. The van der Waals surface area contributed by atoms with E-state index in [0.29, 0.717) is 58.5 Å². The van der Waals surface area contributed by atoms with Gasteiger partial charge in [0.25, 0.3) is 0 Å². The van der Waals surface area contributed by atoms with E-state index in [-0.39, 0.29) is 36.1 Å². The fraction of sp³-hybridized carbons (Fsp3) is 0.942. The van der Waals surface area contributed by atoms with Crippen LogP contribution in [0.1, 0.15) is 349 Å². The summed E-state index contributed by atoms with van der Waals surface area (Å²) < 4.78 is 31.4. The molecule has 1 saturated heterocycles. The topological polar surface area (TPSA) is 121 Å². The molecule has 1 heterocycles. The highest BCUT2D eigenvalue weighted by molar-refractivity contribution is 5.76.